The SMILES string of the molecule is CC(C)CC(N)C(=O)NC(CO)C(=O)NCC(=O)NC(CC(C)C)C(=O)O. The van der Waals surface area contributed by atoms with Gasteiger partial charge in [-0.3, -0.25) is 14.4 Å². The maximum atomic E-state index is 12.0. The molecule has 7 N–H and O–H groups in total. The van der Waals surface area contributed by atoms with Gasteiger partial charge < -0.3 is 31.9 Å². The summed E-state index contributed by atoms with van der Waals surface area (Å²) in [5.41, 5.74) is 5.72. The van der Waals surface area contributed by atoms with Crippen molar-refractivity contribution in [2.24, 2.45) is 17.6 Å². The quantitative estimate of drug-likeness (QED) is 0.238. The Kier molecular flexibility index (Phi) is 11.2. The molecule has 0 aliphatic rings. The molecule has 0 saturated heterocycles. The smallest absolute Gasteiger partial charge is 0.326 e. The minimum absolute atomic E-state index is 0.0602. The van der Waals surface area contributed by atoms with Crippen molar-refractivity contribution in [2.45, 2.75) is 58.7 Å². The third-order valence-corrected chi connectivity index (χ3v) is 3.64. The number of rotatable bonds is 12. The number of hydrogen-bond donors (Lipinski definition) is 6. The summed E-state index contributed by atoms with van der Waals surface area (Å²) in [6.45, 7) is 6.28. The molecule has 156 valence electrons. The fourth-order valence-corrected chi connectivity index (χ4v) is 2.32. The first-order chi connectivity index (χ1) is 12.5. The molecule has 0 saturated carbocycles. The third-order valence-electron chi connectivity index (χ3n) is 3.64. The first kappa shape index (κ1) is 24.8. The molecule has 0 radical (unpaired) electrons. The van der Waals surface area contributed by atoms with Crippen molar-refractivity contribution < 1.29 is 29.4 Å². The van der Waals surface area contributed by atoms with Crippen molar-refractivity contribution in [1.29, 1.82) is 0 Å². The Morgan fingerprint density at radius 1 is 0.889 bits per heavy atom. The second-order valence-electron chi connectivity index (χ2n) is 7.29. The van der Waals surface area contributed by atoms with E-state index in [1.807, 2.05) is 27.7 Å². The third kappa shape index (κ3) is 10.5. The van der Waals surface area contributed by atoms with Crippen LogP contribution in [-0.2, 0) is 19.2 Å². The van der Waals surface area contributed by atoms with Crippen molar-refractivity contribution in [1.82, 2.24) is 16.0 Å². The first-order valence-electron chi connectivity index (χ1n) is 8.94. The van der Waals surface area contributed by atoms with E-state index in [0.29, 0.717) is 6.42 Å². The van der Waals surface area contributed by atoms with Crippen molar-refractivity contribution in [3.8, 4) is 0 Å². The number of carbonyl (C=O) groups is 4. The zero-order valence-electron chi connectivity index (χ0n) is 16.3. The second-order valence-corrected chi connectivity index (χ2v) is 7.29. The molecule has 0 aliphatic carbocycles. The number of carboxylic acid groups (broad SMARTS) is 1. The molecule has 0 rings (SSSR count). The Morgan fingerprint density at radius 3 is 1.89 bits per heavy atom. The molecule has 0 aromatic heterocycles. The van der Waals surface area contributed by atoms with Crippen LogP contribution in [-0.4, -0.2) is 65.2 Å². The topological polar surface area (TPSA) is 171 Å². The molecule has 0 aliphatic heterocycles. The van der Waals surface area contributed by atoms with Crippen LogP contribution in [0.2, 0.25) is 0 Å². The molecule has 10 nitrogen and oxygen atoms in total. The van der Waals surface area contributed by atoms with Gasteiger partial charge in [0.15, 0.2) is 0 Å². The fourth-order valence-electron chi connectivity index (χ4n) is 2.32. The molecule has 0 heterocycles. The number of nitrogens with two attached hydrogens (primary N) is 1. The van der Waals surface area contributed by atoms with Crippen LogP contribution in [0.5, 0.6) is 0 Å². The van der Waals surface area contributed by atoms with E-state index in [4.69, 9.17) is 10.8 Å². The van der Waals surface area contributed by atoms with Gasteiger partial charge in [-0.05, 0) is 24.7 Å². The van der Waals surface area contributed by atoms with Crippen LogP contribution < -0.4 is 21.7 Å². The number of aliphatic carboxylic acids is 1. The lowest BCUT2D eigenvalue weighted by Gasteiger charge is -2.20. The van der Waals surface area contributed by atoms with Gasteiger partial charge in [0.2, 0.25) is 17.7 Å². The Balaban J connectivity index is 4.56. The molecule has 0 aromatic carbocycles. The van der Waals surface area contributed by atoms with E-state index in [9.17, 15) is 24.3 Å². The molecule has 27 heavy (non-hydrogen) atoms. The van der Waals surface area contributed by atoms with Gasteiger partial charge >= 0.3 is 5.97 Å². The lowest BCUT2D eigenvalue weighted by molar-refractivity contribution is -0.142. The van der Waals surface area contributed by atoms with E-state index in [-0.39, 0.29) is 18.3 Å². The van der Waals surface area contributed by atoms with Gasteiger partial charge in [0.1, 0.15) is 12.1 Å². The fraction of sp³-hybridized carbons (Fsp3) is 0.765. The summed E-state index contributed by atoms with van der Waals surface area (Å²) in [5, 5.41) is 25.3. The van der Waals surface area contributed by atoms with Crippen LogP contribution in [0, 0.1) is 11.8 Å². The summed E-state index contributed by atoms with van der Waals surface area (Å²) in [4.78, 5) is 47.0. The largest absolute Gasteiger partial charge is 0.480 e. The molecule has 0 fully saturated rings. The van der Waals surface area contributed by atoms with Gasteiger partial charge in [-0.25, -0.2) is 4.79 Å². The van der Waals surface area contributed by atoms with Crippen molar-refractivity contribution in [3.63, 3.8) is 0 Å². The predicted octanol–water partition coefficient (Wildman–Crippen LogP) is -1.43. The summed E-state index contributed by atoms with van der Waals surface area (Å²) < 4.78 is 0. The van der Waals surface area contributed by atoms with Gasteiger partial charge in [0, 0.05) is 0 Å². The lowest BCUT2D eigenvalue weighted by atomic mass is 10.0. The van der Waals surface area contributed by atoms with E-state index in [1.54, 1.807) is 0 Å². The minimum Gasteiger partial charge on any atom is -0.480 e. The Hall–Kier alpha value is -2.20. The van der Waals surface area contributed by atoms with Gasteiger partial charge in [-0.15, -0.1) is 0 Å². The van der Waals surface area contributed by atoms with Crippen LogP contribution in [0.15, 0.2) is 0 Å². The van der Waals surface area contributed by atoms with Gasteiger partial charge in [0.05, 0.1) is 19.2 Å². The monoisotopic (exact) mass is 388 g/mol. The molecular formula is C17H32N4O6. The van der Waals surface area contributed by atoms with Crippen LogP contribution in [0.1, 0.15) is 40.5 Å². The van der Waals surface area contributed by atoms with Gasteiger partial charge in [0.25, 0.3) is 0 Å². The Labute approximate surface area is 159 Å². The highest BCUT2D eigenvalue weighted by Crippen LogP contribution is 2.05. The van der Waals surface area contributed by atoms with Crippen molar-refractivity contribution in [2.75, 3.05) is 13.2 Å². The molecule has 3 unspecified atom stereocenters. The van der Waals surface area contributed by atoms with Crippen molar-refractivity contribution in [3.05, 3.63) is 0 Å². The highest BCUT2D eigenvalue weighted by Gasteiger charge is 2.25. The van der Waals surface area contributed by atoms with Crippen LogP contribution in [0.4, 0.5) is 0 Å². The number of amides is 3. The minimum atomic E-state index is -1.26. The number of aliphatic hydroxyl groups is 1. The maximum absolute atomic E-state index is 12.0. The van der Waals surface area contributed by atoms with Crippen LogP contribution in [0.25, 0.3) is 0 Å². The zero-order chi connectivity index (χ0) is 21.1. The zero-order valence-corrected chi connectivity index (χ0v) is 16.3. The van der Waals surface area contributed by atoms with E-state index < -0.39 is 55.0 Å². The number of aliphatic hydroxyl groups excluding tert-OH is 1. The standard InChI is InChI=1S/C17H32N4O6/c1-9(2)5-11(18)15(24)21-13(8-22)16(25)19-7-14(23)20-12(17(26)27)6-10(3)4/h9-13,22H,5-8,18H2,1-4H3,(H,19,25)(H,20,23)(H,21,24)(H,26,27). The van der Waals surface area contributed by atoms with Crippen LogP contribution in [0.3, 0.4) is 0 Å². The molecule has 3 amide bonds. The second kappa shape index (κ2) is 12.2. The van der Waals surface area contributed by atoms with Crippen molar-refractivity contribution >= 4 is 23.7 Å². The van der Waals surface area contributed by atoms with Gasteiger partial charge in [-0.2, -0.15) is 0 Å². The van der Waals surface area contributed by atoms with E-state index in [2.05, 4.69) is 16.0 Å². The number of carboxylic acids is 1. The maximum Gasteiger partial charge on any atom is 0.326 e. The highest BCUT2D eigenvalue weighted by atomic mass is 16.4. The predicted molar refractivity (Wildman–Crippen MR) is 98.5 cm³/mol. The number of carbonyl (C=O) groups excluding carboxylic acids is 3. The van der Waals surface area contributed by atoms with Gasteiger partial charge in [-0.1, -0.05) is 27.7 Å². The first-order valence-corrected chi connectivity index (χ1v) is 8.94. The van der Waals surface area contributed by atoms with E-state index in [0.717, 1.165) is 0 Å². The van der Waals surface area contributed by atoms with E-state index >= 15 is 0 Å². The number of nitrogens with one attached hydrogen (secondary N) is 3. The molecular weight excluding hydrogens is 356 g/mol. The van der Waals surface area contributed by atoms with Crippen LogP contribution >= 0.6 is 0 Å². The highest BCUT2D eigenvalue weighted by molar-refractivity contribution is 5.92. The molecule has 10 heteroatoms. The summed E-state index contributed by atoms with van der Waals surface area (Å²) >= 11 is 0. The summed E-state index contributed by atoms with van der Waals surface area (Å²) in [5.74, 6) is -2.95. The normalized spacial score (nSPS) is 14.4. The molecule has 0 spiro atoms. The summed E-state index contributed by atoms with van der Waals surface area (Å²) in [6, 6.07) is -3.13. The molecule has 3 atom stereocenters. The summed E-state index contributed by atoms with van der Waals surface area (Å²) in [7, 11) is 0. The number of hydrogen-bond acceptors (Lipinski definition) is 6. The Morgan fingerprint density at radius 2 is 1.44 bits per heavy atom. The average molecular weight is 388 g/mol. The van der Waals surface area contributed by atoms with E-state index in [1.165, 1.54) is 0 Å². The molecule has 0 bridgehead atoms. The summed E-state index contributed by atoms with van der Waals surface area (Å²) in [6.07, 6.45) is 0.665. The lowest BCUT2D eigenvalue weighted by Crippen LogP contribution is -2.55. The average Bonchev–Trinajstić information content (AvgIpc) is 2.55. The molecule has 0 aromatic rings. The Bertz CT molecular complexity index is 524.